The van der Waals surface area contributed by atoms with Crippen molar-refractivity contribution in [2.45, 2.75) is 23.2 Å². The Balaban J connectivity index is 1.88. The van der Waals surface area contributed by atoms with Crippen molar-refractivity contribution in [3.63, 3.8) is 0 Å². The van der Waals surface area contributed by atoms with E-state index in [1.54, 1.807) is 25.1 Å². The van der Waals surface area contributed by atoms with Gasteiger partial charge in [-0.3, -0.25) is 9.69 Å². The SMILES string of the molecule is CCOC(=O)c1ccc(SC2=C(C(=O)O)N3C(=O)[C@@H](N)[C@H]3SC2)c(Br)c1. The molecule has 138 valence electrons. The number of carboxylic acid groups (broad SMARTS) is 1. The minimum Gasteiger partial charge on any atom is -0.477 e. The average molecular weight is 459 g/mol. The van der Waals surface area contributed by atoms with Crippen molar-refractivity contribution in [2.75, 3.05) is 12.4 Å². The van der Waals surface area contributed by atoms with E-state index in [-0.39, 0.29) is 23.6 Å². The molecule has 0 radical (unpaired) electrons. The summed E-state index contributed by atoms with van der Waals surface area (Å²) in [6, 6.07) is 4.31. The number of ether oxygens (including phenoxy) is 1. The molecular weight excluding hydrogens is 444 g/mol. The minimum absolute atomic E-state index is 0.0215. The van der Waals surface area contributed by atoms with Crippen molar-refractivity contribution in [2.24, 2.45) is 5.73 Å². The molecule has 1 aromatic rings. The number of carboxylic acids is 1. The number of rotatable bonds is 5. The number of aliphatic carboxylic acids is 1. The molecule has 0 aliphatic carbocycles. The number of carbonyl (C=O) groups is 3. The summed E-state index contributed by atoms with van der Waals surface area (Å²) in [6.45, 7) is 2.01. The Bertz CT molecular complexity index is 829. The number of esters is 1. The van der Waals surface area contributed by atoms with Crippen LogP contribution < -0.4 is 5.73 Å². The lowest BCUT2D eigenvalue weighted by Crippen LogP contribution is -2.68. The van der Waals surface area contributed by atoms with Gasteiger partial charge in [-0.15, -0.1) is 11.8 Å². The lowest BCUT2D eigenvalue weighted by atomic mass is 10.1. The Morgan fingerprint density at radius 1 is 1.50 bits per heavy atom. The monoisotopic (exact) mass is 458 g/mol. The molecule has 3 N–H and O–H groups in total. The Labute approximate surface area is 166 Å². The summed E-state index contributed by atoms with van der Waals surface area (Å²) in [5.74, 6) is -1.52. The molecule has 2 atom stereocenters. The van der Waals surface area contributed by atoms with E-state index in [1.807, 2.05) is 0 Å². The van der Waals surface area contributed by atoms with Crippen molar-refractivity contribution in [3.05, 3.63) is 38.8 Å². The van der Waals surface area contributed by atoms with Crippen LogP contribution in [-0.4, -0.2) is 51.6 Å². The van der Waals surface area contributed by atoms with Crippen LogP contribution in [0, 0.1) is 0 Å². The lowest BCUT2D eigenvalue weighted by Gasteiger charge is -2.47. The maximum atomic E-state index is 12.0. The number of nitrogens with zero attached hydrogens (tertiary/aromatic N) is 1. The number of benzene rings is 1. The molecule has 7 nitrogen and oxygen atoms in total. The predicted octanol–water partition coefficient (Wildman–Crippen LogP) is 2.26. The normalized spacial score (nSPS) is 22.0. The fourth-order valence-corrected chi connectivity index (χ4v) is 5.67. The zero-order chi connectivity index (χ0) is 19.0. The second-order valence-corrected chi connectivity index (χ2v) is 8.58. The summed E-state index contributed by atoms with van der Waals surface area (Å²) in [5.41, 5.74) is 6.12. The van der Waals surface area contributed by atoms with Gasteiger partial charge in [0, 0.05) is 20.0 Å². The third kappa shape index (κ3) is 3.38. The standard InChI is InChI=1S/C16H15BrN2O5S2/c1-2-24-16(23)7-3-4-9(8(17)5-7)26-10-6-25-14-11(18)13(20)19(14)12(10)15(21)22/h3-5,11,14H,2,6,18H2,1H3,(H,21,22)/t11-,14-/m1/s1. The number of amides is 1. The highest BCUT2D eigenvalue weighted by Gasteiger charge is 2.51. The molecular formula is C16H15BrN2O5S2. The highest BCUT2D eigenvalue weighted by molar-refractivity contribution is 9.10. The average Bonchev–Trinajstić information content (AvgIpc) is 2.62. The molecule has 0 aromatic heterocycles. The van der Waals surface area contributed by atoms with Gasteiger partial charge >= 0.3 is 11.9 Å². The predicted molar refractivity (Wildman–Crippen MR) is 102 cm³/mol. The molecule has 1 fully saturated rings. The van der Waals surface area contributed by atoms with Gasteiger partial charge in [-0.1, -0.05) is 11.8 Å². The Kier molecular flexibility index (Phi) is 5.66. The maximum Gasteiger partial charge on any atom is 0.353 e. The van der Waals surface area contributed by atoms with E-state index in [4.69, 9.17) is 10.5 Å². The molecule has 2 aliphatic heterocycles. The van der Waals surface area contributed by atoms with Crippen LogP contribution in [0.15, 0.2) is 38.2 Å². The van der Waals surface area contributed by atoms with Gasteiger partial charge in [0.15, 0.2) is 0 Å². The topological polar surface area (TPSA) is 110 Å². The molecule has 26 heavy (non-hydrogen) atoms. The molecule has 0 unspecified atom stereocenters. The zero-order valence-electron chi connectivity index (χ0n) is 13.6. The van der Waals surface area contributed by atoms with Crippen molar-refractivity contribution in [1.29, 1.82) is 0 Å². The smallest absolute Gasteiger partial charge is 0.353 e. The number of hydrogen-bond donors (Lipinski definition) is 2. The summed E-state index contributed by atoms with van der Waals surface area (Å²) in [7, 11) is 0. The third-order valence-electron chi connectivity index (χ3n) is 3.85. The Morgan fingerprint density at radius 3 is 2.85 bits per heavy atom. The fourth-order valence-electron chi connectivity index (χ4n) is 2.62. The van der Waals surface area contributed by atoms with Crippen LogP contribution in [0.1, 0.15) is 17.3 Å². The number of nitrogens with two attached hydrogens (primary N) is 1. The highest BCUT2D eigenvalue weighted by Crippen LogP contribution is 2.45. The fraction of sp³-hybridized carbons (Fsp3) is 0.312. The Morgan fingerprint density at radius 2 is 2.23 bits per heavy atom. The first-order chi connectivity index (χ1) is 12.3. The van der Waals surface area contributed by atoms with Crippen LogP contribution in [0.5, 0.6) is 0 Å². The van der Waals surface area contributed by atoms with Gasteiger partial charge in [0.25, 0.3) is 0 Å². The third-order valence-corrected chi connectivity index (χ3v) is 7.42. The first kappa shape index (κ1) is 19.3. The van der Waals surface area contributed by atoms with Crippen molar-refractivity contribution >= 4 is 57.3 Å². The minimum atomic E-state index is -1.16. The van der Waals surface area contributed by atoms with Crippen LogP contribution in [0.25, 0.3) is 0 Å². The van der Waals surface area contributed by atoms with Crippen LogP contribution in [-0.2, 0) is 14.3 Å². The van der Waals surface area contributed by atoms with E-state index in [1.165, 1.54) is 28.4 Å². The van der Waals surface area contributed by atoms with Crippen molar-refractivity contribution < 1.29 is 24.2 Å². The summed E-state index contributed by atoms with van der Waals surface area (Å²) in [6.07, 6.45) is 0. The molecule has 3 rings (SSSR count). The van der Waals surface area contributed by atoms with Gasteiger partial charge in [0.2, 0.25) is 5.91 Å². The van der Waals surface area contributed by atoms with Gasteiger partial charge in [0.05, 0.1) is 12.2 Å². The molecule has 2 heterocycles. The summed E-state index contributed by atoms with van der Waals surface area (Å²) < 4.78 is 5.61. The van der Waals surface area contributed by atoms with Crippen LogP contribution in [0.2, 0.25) is 0 Å². The zero-order valence-corrected chi connectivity index (χ0v) is 16.8. The highest BCUT2D eigenvalue weighted by atomic mass is 79.9. The van der Waals surface area contributed by atoms with E-state index in [0.29, 0.717) is 20.7 Å². The number of thioether (sulfide) groups is 2. The van der Waals surface area contributed by atoms with E-state index in [2.05, 4.69) is 15.9 Å². The summed E-state index contributed by atoms with van der Waals surface area (Å²) in [4.78, 5) is 38.0. The maximum absolute atomic E-state index is 12.0. The molecule has 2 aliphatic rings. The first-order valence-corrected chi connectivity index (χ1v) is 10.3. The van der Waals surface area contributed by atoms with Gasteiger partial charge in [-0.2, -0.15) is 0 Å². The van der Waals surface area contributed by atoms with Gasteiger partial charge in [-0.05, 0) is 41.1 Å². The van der Waals surface area contributed by atoms with Crippen LogP contribution >= 0.6 is 39.5 Å². The second-order valence-electron chi connectivity index (χ2n) is 5.48. The second kappa shape index (κ2) is 7.63. The number of hydrogen-bond acceptors (Lipinski definition) is 7. The molecule has 10 heteroatoms. The number of β-lactam (4-membered cyclic amide) rings is 1. The van der Waals surface area contributed by atoms with E-state index >= 15 is 0 Å². The quantitative estimate of drug-likeness (QED) is 0.510. The number of carbonyl (C=O) groups excluding carboxylic acids is 2. The van der Waals surface area contributed by atoms with E-state index in [9.17, 15) is 19.5 Å². The van der Waals surface area contributed by atoms with Crippen molar-refractivity contribution in [3.8, 4) is 0 Å². The van der Waals surface area contributed by atoms with Crippen LogP contribution in [0.4, 0.5) is 0 Å². The van der Waals surface area contributed by atoms with E-state index < -0.39 is 18.0 Å². The van der Waals surface area contributed by atoms with Gasteiger partial charge in [-0.25, -0.2) is 9.59 Å². The molecule has 0 saturated carbocycles. The number of fused-ring (bicyclic) bond motifs is 1. The first-order valence-electron chi connectivity index (χ1n) is 7.66. The molecule has 1 amide bonds. The molecule has 1 saturated heterocycles. The van der Waals surface area contributed by atoms with Crippen LogP contribution in [0.3, 0.4) is 0 Å². The van der Waals surface area contributed by atoms with E-state index in [0.717, 1.165) is 4.90 Å². The molecule has 1 aromatic carbocycles. The lowest BCUT2D eigenvalue weighted by molar-refractivity contribution is -0.147. The summed E-state index contributed by atoms with van der Waals surface area (Å²) in [5, 5.41) is 9.24. The summed E-state index contributed by atoms with van der Waals surface area (Å²) >= 11 is 6.10. The number of halogens is 1. The van der Waals surface area contributed by atoms with Gasteiger partial charge < -0.3 is 15.6 Å². The largest absolute Gasteiger partial charge is 0.477 e. The van der Waals surface area contributed by atoms with Gasteiger partial charge in [0.1, 0.15) is 17.1 Å². The Hall–Kier alpha value is -1.49. The molecule has 0 spiro atoms. The molecule has 0 bridgehead atoms. The van der Waals surface area contributed by atoms with Crippen molar-refractivity contribution in [1.82, 2.24) is 4.90 Å².